The molecule has 2 amide bonds. The smallest absolute Gasteiger partial charge is 0.257 e. The number of hydrogen-bond acceptors (Lipinski definition) is 4. The Morgan fingerprint density at radius 3 is 2.41 bits per heavy atom. The van der Waals surface area contributed by atoms with Crippen LogP contribution >= 0.6 is 0 Å². The molecule has 1 N–H and O–H groups in total. The zero-order valence-electron chi connectivity index (χ0n) is 23.2. The average Bonchev–Trinajstić information content (AvgIpc) is 3.72. The Balaban J connectivity index is 1.33. The molecule has 0 spiro atoms. The lowest BCUT2D eigenvalue weighted by molar-refractivity contribution is -0.123. The largest absolute Gasteiger partial charge is 0.371 e. The first-order valence-electron chi connectivity index (χ1n) is 14.3. The second-order valence-electron chi connectivity index (χ2n) is 10.9. The van der Waals surface area contributed by atoms with E-state index in [1.165, 1.54) is 18.9 Å². The SMILES string of the molecule is Cc1cccc(F)c1C(=O)N1CCCC(C(=O)Nc2cccc(N3CCCC3)c2)[C@@H]1c1ccc(-n2cccn2)cc1. The highest BCUT2D eigenvalue weighted by atomic mass is 19.1. The summed E-state index contributed by atoms with van der Waals surface area (Å²) in [5.41, 5.74) is 4.17. The van der Waals surface area contributed by atoms with Gasteiger partial charge >= 0.3 is 0 Å². The summed E-state index contributed by atoms with van der Waals surface area (Å²) in [7, 11) is 0. The van der Waals surface area contributed by atoms with Crippen LogP contribution in [0.5, 0.6) is 0 Å². The maximum Gasteiger partial charge on any atom is 0.257 e. The minimum atomic E-state index is -0.552. The number of amides is 2. The maximum absolute atomic E-state index is 15.0. The number of aromatic nitrogens is 2. The van der Waals surface area contributed by atoms with Crippen molar-refractivity contribution in [1.29, 1.82) is 0 Å². The van der Waals surface area contributed by atoms with Crippen LogP contribution in [0.1, 0.15) is 53.2 Å². The number of anilines is 2. The van der Waals surface area contributed by atoms with E-state index in [4.69, 9.17) is 0 Å². The number of piperidine rings is 1. The van der Waals surface area contributed by atoms with E-state index in [9.17, 15) is 14.0 Å². The number of carbonyl (C=O) groups excluding carboxylic acids is 2. The Bertz CT molecular complexity index is 1510. The summed E-state index contributed by atoms with van der Waals surface area (Å²) in [5, 5.41) is 7.44. The number of rotatable bonds is 6. The van der Waals surface area contributed by atoms with E-state index < -0.39 is 23.7 Å². The molecule has 2 atom stereocenters. The molecule has 1 aromatic heterocycles. The van der Waals surface area contributed by atoms with E-state index >= 15 is 0 Å². The van der Waals surface area contributed by atoms with E-state index in [0.717, 1.165) is 35.7 Å². The minimum absolute atomic E-state index is 0.0602. The summed E-state index contributed by atoms with van der Waals surface area (Å²) in [6.45, 7) is 4.21. The summed E-state index contributed by atoms with van der Waals surface area (Å²) in [5.74, 6) is -1.60. The maximum atomic E-state index is 15.0. The number of hydrogen-bond donors (Lipinski definition) is 1. The summed E-state index contributed by atoms with van der Waals surface area (Å²) in [6.07, 6.45) is 7.18. The van der Waals surface area contributed by atoms with Gasteiger partial charge in [-0.15, -0.1) is 0 Å². The van der Waals surface area contributed by atoms with Gasteiger partial charge in [0.25, 0.3) is 5.91 Å². The third-order valence-corrected chi connectivity index (χ3v) is 8.25. The highest BCUT2D eigenvalue weighted by Gasteiger charge is 2.40. The molecular weight excluding hydrogens is 517 g/mol. The van der Waals surface area contributed by atoms with Gasteiger partial charge in [0, 0.05) is 43.4 Å². The lowest BCUT2D eigenvalue weighted by Gasteiger charge is -2.41. The van der Waals surface area contributed by atoms with Gasteiger partial charge in [-0.3, -0.25) is 9.59 Å². The molecule has 7 nitrogen and oxygen atoms in total. The van der Waals surface area contributed by atoms with Crippen molar-refractivity contribution in [2.75, 3.05) is 29.9 Å². The second-order valence-corrected chi connectivity index (χ2v) is 10.9. The highest BCUT2D eigenvalue weighted by Crippen LogP contribution is 2.39. The van der Waals surface area contributed by atoms with Crippen molar-refractivity contribution in [1.82, 2.24) is 14.7 Å². The molecule has 0 bridgehead atoms. The van der Waals surface area contributed by atoms with Crippen molar-refractivity contribution in [3.63, 3.8) is 0 Å². The second kappa shape index (κ2) is 11.6. The Labute approximate surface area is 239 Å². The fraction of sp³-hybridized carbons (Fsp3) is 0.303. The first kappa shape index (κ1) is 26.7. The Kier molecular flexibility index (Phi) is 7.55. The van der Waals surface area contributed by atoms with E-state index in [1.807, 2.05) is 54.7 Å². The Morgan fingerprint density at radius 2 is 1.68 bits per heavy atom. The molecule has 1 unspecified atom stereocenters. The predicted octanol–water partition coefficient (Wildman–Crippen LogP) is 6.15. The summed E-state index contributed by atoms with van der Waals surface area (Å²) < 4.78 is 16.7. The number of nitrogens with one attached hydrogen (secondary N) is 1. The quantitative estimate of drug-likeness (QED) is 0.312. The van der Waals surface area contributed by atoms with Gasteiger partial charge in [-0.05, 0) is 86.2 Å². The molecule has 3 aromatic carbocycles. The lowest BCUT2D eigenvalue weighted by atomic mass is 9.83. The minimum Gasteiger partial charge on any atom is -0.371 e. The molecule has 4 aromatic rings. The van der Waals surface area contributed by atoms with Gasteiger partial charge in [-0.2, -0.15) is 5.10 Å². The van der Waals surface area contributed by atoms with Gasteiger partial charge in [0.05, 0.1) is 23.2 Å². The summed E-state index contributed by atoms with van der Waals surface area (Å²) in [4.78, 5) is 31.9. The standard InChI is InChI=1S/C33H34FN5O2/c1-23-8-4-12-29(34)30(23)33(41)38-20-6-11-28(31(38)24-13-15-26(16-14-24)39-21-7-17-35-39)32(40)36-25-9-5-10-27(22-25)37-18-2-3-19-37/h4-5,7-10,12-17,21-22,28,31H,2-3,6,11,18-20H2,1H3,(H,36,40)/t28?,31-/m0/s1. The van der Waals surface area contributed by atoms with Crippen LogP contribution in [0.2, 0.25) is 0 Å². The molecule has 8 heteroatoms. The first-order valence-corrected chi connectivity index (χ1v) is 14.3. The van der Waals surface area contributed by atoms with E-state index in [2.05, 4.69) is 21.4 Å². The van der Waals surface area contributed by atoms with Gasteiger partial charge in [-0.25, -0.2) is 9.07 Å². The number of carbonyl (C=O) groups is 2. The van der Waals surface area contributed by atoms with Crippen molar-refractivity contribution in [3.8, 4) is 5.69 Å². The Hall–Kier alpha value is -4.46. The monoisotopic (exact) mass is 551 g/mol. The number of aryl methyl sites for hydroxylation is 1. The zero-order valence-corrected chi connectivity index (χ0v) is 23.2. The molecule has 210 valence electrons. The van der Waals surface area contributed by atoms with Crippen LogP contribution in [-0.4, -0.2) is 46.1 Å². The third kappa shape index (κ3) is 5.46. The van der Waals surface area contributed by atoms with Gasteiger partial charge < -0.3 is 15.1 Å². The molecule has 0 radical (unpaired) electrons. The topological polar surface area (TPSA) is 70.5 Å². The molecule has 2 fully saturated rings. The van der Waals surface area contributed by atoms with Crippen LogP contribution in [0.4, 0.5) is 15.8 Å². The number of benzene rings is 3. The normalized spacial score (nSPS) is 18.9. The third-order valence-electron chi connectivity index (χ3n) is 8.25. The van der Waals surface area contributed by atoms with Crippen molar-refractivity contribution in [2.45, 2.75) is 38.6 Å². The molecule has 41 heavy (non-hydrogen) atoms. The zero-order chi connectivity index (χ0) is 28.3. The van der Waals surface area contributed by atoms with Gasteiger partial charge in [0.15, 0.2) is 0 Å². The molecule has 0 saturated carbocycles. The van der Waals surface area contributed by atoms with Crippen molar-refractivity contribution >= 4 is 23.2 Å². The fourth-order valence-electron chi connectivity index (χ4n) is 6.19. The molecule has 6 rings (SSSR count). The number of nitrogens with zero attached hydrogens (tertiary/aromatic N) is 4. The van der Waals surface area contributed by atoms with Crippen LogP contribution < -0.4 is 10.2 Å². The first-order chi connectivity index (χ1) is 20.0. The van der Waals surface area contributed by atoms with E-state index in [-0.39, 0.29) is 11.5 Å². The van der Waals surface area contributed by atoms with Crippen molar-refractivity contribution < 1.29 is 14.0 Å². The van der Waals surface area contributed by atoms with E-state index in [0.29, 0.717) is 24.9 Å². The fourth-order valence-corrected chi connectivity index (χ4v) is 6.19. The van der Waals surface area contributed by atoms with Crippen LogP contribution in [0.15, 0.2) is 85.2 Å². The molecular formula is C33H34FN5O2. The Morgan fingerprint density at radius 1 is 0.902 bits per heavy atom. The molecule has 2 aliphatic rings. The van der Waals surface area contributed by atoms with Crippen molar-refractivity contribution in [2.24, 2.45) is 5.92 Å². The van der Waals surface area contributed by atoms with Gasteiger partial charge in [0.1, 0.15) is 5.82 Å². The van der Waals surface area contributed by atoms with Crippen molar-refractivity contribution in [3.05, 3.63) is 108 Å². The van der Waals surface area contributed by atoms with Crippen LogP contribution in [0, 0.1) is 18.7 Å². The van der Waals surface area contributed by atoms with E-state index in [1.54, 1.807) is 34.8 Å². The average molecular weight is 552 g/mol. The number of likely N-dealkylation sites (tertiary alicyclic amines) is 1. The number of halogens is 1. The summed E-state index contributed by atoms with van der Waals surface area (Å²) >= 11 is 0. The van der Waals surface area contributed by atoms with Gasteiger partial charge in [0.2, 0.25) is 5.91 Å². The van der Waals surface area contributed by atoms with Crippen LogP contribution in [-0.2, 0) is 4.79 Å². The van der Waals surface area contributed by atoms with Crippen LogP contribution in [0.3, 0.4) is 0 Å². The molecule has 3 heterocycles. The van der Waals surface area contributed by atoms with Crippen LogP contribution in [0.25, 0.3) is 5.69 Å². The van der Waals surface area contributed by atoms with Gasteiger partial charge in [-0.1, -0.05) is 30.3 Å². The predicted molar refractivity (Wildman–Crippen MR) is 158 cm³/mol. The summed E-state index contributed by atoms with van der Waals surface area (Å²) in [6, 6.07) is 21.7. The lowest BCUT2D eigenvalue weighted by Crippen LogP contribution is -2.46. The molecule has 2 saturated heterocycles. The highest BCUT2D eigenvalue weighted by molar-refractivity contribution is 5.98. The molecule has 2 aliphatic heterocycles. The molecule has 0 aliphatic carbocycles.